The molecule has 8 nitrogen and oxygen atoms in total. The highest BCUT2D eigenvalue weighted by atomic mass is 32.2. The second-order valence-corrected chi connectivity index (χ2v) is 9.40. The minimum Gasteiger partial charge on any atom is -0.489 e. The Balaban J connectivity index is 1.68. The number of carbonyl (C=O) groups is 1. The molecule has 1 saturated heterocycles. The Morgan fingerprint density at radius 2 is 1.61 bits per heavy atom. The van der Waals surface area contributed by atoms with Crippen LogP contribution in [0.3, 0.4) is 0 Å². The fourth-order valence-corrected chi connectivity index (χ4v) is 4.78. The quantitative estimate of drug-likeness (QED) is 0.545. The van der Waals surface area contributed by atoms with Gasteiger partial charge in [0.25, 0.3) is 10.2 Å². The first-order chi connectivity index (χ1) is 14.9. The van der Waals surface area contributed by atoms with Gasteiger partial charge < -0.3 is 14.4 Å². The fraction of sp³-hybridized carbons (Fsp3) is 0.409. The molecule has 9 heteroatoms. The number of ether oxygens (including phenoxy) is 2. The average molecular weight is 448 g/mol. The summed E-state index contributed by atoms with van der Waals surface area (Å²) in [5.41, 5.74) is 1.82. The minimum absolute atomic E-state index is 0.0722. The van der Waals surface area contributed by atoms with Crippen molar-refractivity contribution in [2.24, 2.45) is 0 Å². The summed E-state index contributed by atoms with van der Waals surface area (Å²) in [5, 5.41) is 0. The molecule has 0 bridgehead atoms. The number of carbonyl (C=O) groups excluding carboxylic acids is 1. The third kappa shape index (κ3) is 6.51. The van der Waals surface area contributed by atoms with Crippen molar-refractivity contribution in [2.45, 2.75) is 13.2 Å². The molecule has 0 unspecified atom stereocenters. The van der Waals surface area contributed by atoms with Crippen LogP contribution in [0.1, 0.15) is 11.1 Å². The molecular formula is C22H29N3O5S. The van der Waals surface area contributed by atoms with Gasteiger partial charge in [-0.3, -0.25) is 4.79 Å². The van der Waals surface area contributed by atoms with E-state index < -0.39 is 16.2 Å². The Morgan fingerprint density at radius 1 is 0.968 bits per heavy atom. The molecule has 2 aromatic carbocycles. The van der Waals surface area contributed by atoms with Crippen molar-refractivity contribution in [1.29, 1.82) is 0 Å². The predicted molar refractivity (Wildman–Crippen MR) is 118 cm³/mol. The van der Waals surface area contributed by atoms with E-state index in [-0.39, 0.29) is 13.1 Å². The predicted octanol–water partition coefficient (Wildman–Crippen LogP) is 1.73. The van der Waals surface area contributed by atoms with Gasteiger partial charge in [-0.2, -0.15) is 17.0 Å². The van der Waals surface area contributed by atoms with Crippen LogP contribution in [-0.2, 0) is 32.9 Å². The van der Waals surface area contributed by atoms with Gasteiger partial charge in [0.15, 0.2) is 0 Å². The van der Waals surface area contributed by atoms with Crippen LogP contribution in [0.4, 0.5) is 0 Å². The minimum atomic E-state index is -3.80. The maximum absolute atomic E-state index is 13.2. The highest BCUT2D eigenvalue weighted by Crippen LogP contribution is 2.19. The molecule has 168 valence electrons. The van der Waals surface area contributed by atoms with E-state index in [0.29, 0.717) is 38.5 Å². The first-order valence-corrected chi connectivity index (χ1v) is 11.5. The number of piperazine rings is 1. The lowest BCUT2D eigenvalue weighted by atomic mass is 10.2. The van der Waals surface area contributed by atoms with E-state index in [1.54, 1.807) is 12.1 Å². The molecule has 0 atom stereocenters. The van der Waals surface area contributed by atoms with Gasteiger partial charge in [0.1, 0.15) is 18.9 Å². The van der Waals surface area contributed by atoms with Crippen LogP contribution >= 0.6 is 0 Å². The first kappa shape index (κ1) is 23.2. The number of esters is 1. The van der Waals surface area contributed by atoms with Crippen molar-refractivity contribution in [3.63, 3.8) is 0 Å². The van der Waals surface area contributed by atoms with E-state index in [2.05, 4.69) is 4.90 Å². The van der Waals surface area contributed by atoms with Gasteiger partial charge >= 0.3 is 5.97 Å². The molecule has 1 fully saturated rings. The maximum Gasteiger partial charge on any atom is 0.321 e. The summed E-state index contributed by atoms with van der Waals surface area (Å²) in [6, 6.07) is 17.1. The summed E-state index contributed by atoms with van der Waals surface area (Å²) in [6.45, 7) is 2.27. The Morgan fingerprint density at radius 3 is 2.23 bits per heavy atom. The molecule has 0 saturated carbocycles. The second-order valence-electron chi connectivity index (χ2n) is 7.47. The van der Waals surface area contributed by atoms with Gasteiger partial charge in [-0.05, 0) is 30.3 Å². The highest BCUT2D eigenvalue weighted by molar-refractivity contribution is 7.86. The smallest absolute Gasteiger partial charge is 0.321 e. The third-order valence-electron chi connectivity index (χ3n) is 5.18. The van der Waals surface area contributed by atoms with Crippen molar-refractivity contribution >= 4 is 16.2 Å². The Bertz CT molecular complexity index is 943. The number of hydrogen-bond acceptors (Lipinski definition) is 6. The maximum atomic E-state index is 13.2. The molecule has 1 heterocycles. The average Bonchev–Trinajstić information content (AvgIpc) is 2.79. The molecule has 0 aromatic heterocycles. The summed E-state index contributed by atoms with van der Waals surface area (Å²) in [7, 11) is -0.592. The molecule has 2 aromatic rings. The summed E-state index contributed by atoms with van der Waals surface area (Å²) < 4.78 is 39.5. The molecule has 1 aliphatic rings. The summed E-state index contributed by atoms with van der Waals surface area (Å²) in [6.07, 6.45) is 0. The molecule has 31 heavy (non-hydrogen) atoms. The normalized spacial score (nSPS) is 15.7. The zero-order valence-electron chi connectivity index (χ0n) is 17.9. The van der Waals surface area contributed by atoms with Crippen LogP contribution in [0.25, 0.3) is 0 Å². The zero-order chi connectivity index (χ0) is 22.3. The van der Waals surface area contributed by atoms with E-state index in [1.165, 1.54) is 15.7 Å². The zero-order valence-corrected chi connectivity index (χ0v) is 18.8. The molecule has 1 aliphatic heterocycles. The standard InChI is InChI=1S/C22H29N3O5S/c1-23-12-14-24(15-13-23)31(27,28)25(17-22(26)29-2)16-19-8-10-21(11-9-19)30-18-20-6-4-3-5-7-20/h3-11H,12-18H2,1-2H3. The summed E-state index contributed by atoms with van der Waals surface area (Å²) >= 11 is 0. The molecule has 0 radical (unpaired) electrons. The number of rotatable bonds is 9. The fourth-order valence-electron chi connectivity index (χ4n) is 3.25. The number of likely N-dealkylation sites (N-methyl/N-ethyl adjacent to an activating group) is 1. The van der Waals surface area contributed by atoms with Crippen LogP contribution in [0.15, 0.2) is 54.6 Å². The van der Waals surface area contributed by atoms with E-state index >= 15 is 0 Å². The van der Waals surface area contributed by atoms with Crippen LogP contribution in [0.5, 0.6) is 5.75 Å². The van der Waals surface area contributed by atoms with Gasteiger partial charge in [-0.25, -0.2) is 0 Å². The lowest BCUT2D eigenvalue weighted by Crippen LogP contribution is -2.52. The molecule has 0 amide bonds. The van der Waals surface area contributed by atoms with Crippen molar-refractivity contribution in [3.8, 4) is 5.75 Å². The van der Waals surface area contributed by atoms with Gasteiger partial charge in [-0.15, -0.1) is 0 Å². The lowest BCUT2D eigenvalue weighted by Gasteiger charge is -2.35. The first-order valence-electron chi connectivity index (χ1n) is 10.1. The number of methoxy groups -OCH3 is 1. The van der Waals surface area contributed by atoms with E-state index in [1.807, 2.05) is 49.5 Å². The van der Waals surface area contributed by atoms with Crippen LogP contribution in [-0.4, -0.2) is 74.8 Å². The topological polar surface area (TPSA) is 79.4 Å². The summed E-state index contributed by atoms with van der Waals surface area (Å²) in [5.74, 6) is 0.0922. The van der Waals surface area contributed by atoms with Gasteiger partial charge in [-0.1, -0.05) is 42.5 Å². The van der Waals surface area contributed by atoms with Gasteiger partial charge in [0, 0.05) is 32.7 Å². The van der Waals surface area contributed by atoms with Crippen LogP contribution in [0.2, 0.25) is 0 Å². The third-order valence-corrected chi connectivity index (χ3v) is 7.11. The van der Waals surface area contributed by atoms with Crippen LogP contribution < -0.4 is 4.74 Å². The monoisotopic (exact) mass is 447 g/mol. The highest BCUT2D eigenvalue weighted by Gasteiger charge is 2.33. The van der Waals surface area contributed by atoms with E-state index in [4.69, 9.17) is 9.47 Å². The van der Waals surface area contributed by atoms with E-state index in [9.17, 15) is 13.2 Å². The molecule has 0 aliphatic carbocycles. The SMILES string of the molecule is COC(=O)CN(Cc1ccc(OCc2ccccc2)cc1)S(=O)(=O)N1CCN(C)CC1. The number of benzene rings is 2. The van der Waals surface area contributed by atoms with Gasteiger partial charge in [0.2, 0.25) is 0 Å². The number of hydrogen-bond donors (Lipinski definition) is 0. The lowest BCUT2D eigenvalue weighted by molar-refractivity contribution is -0.140. The summed E-state index contributed by atoms with van der Waals surface area (Å²) in [4.78, 5) is 14.0. The largest absolute Gasteiger partial charge is 0.489 e. The van der Waals surface area contributed by atoms with Crippen molar-refractivity contribution < 1.29 is 22.7 Å². The molecule has 0 spiro atoms. The Labute approximate surface area is 184 Å². The molecule has 0 N–H and O–H groups in total. The number of nitrogens with zero attached hydrogens (tertiary/aromatic N) is 3. The van der Waals surface area contributed by atoms with Crippen molar-refractivity contribution in [3.05, 3.63) is 65.7 Å². The Kier molecular flexibility index (Phi) is 8.03. The molecule has 3 rings (SSSR count). The second kappa shape index (κ2) is 10.7. The Hall–Kier alpha value is -2.46. The molecular weight excluding hydrogens is 418 g/mol. The van der Waals surface area contributed by atoms with Gasteiger partial charge in [0.05, 0.1) is 7.11 Å². The van der Waals surface area contributed by atoms with E-state index in [0.717, 1.165) is 11.1 Å². The van der Waals surface area contributed by atoms with Crippen molar-refractivity contribution in [1.82, 2.24) is 13.5 Å². The van der Waals surface area contributed by atoms with Crippen molar-refractivity contribution in [2.75, 3.05) is 46.9 Å². The van der Waals surface area contributed by atoms with Crippen LogP contribution in [0, 0.1) is 0 Å².